The highest BCUT2D eigenvalue weighted by Gasteiger charge is 2.40. The van der Waals surface area contributed by atoms with Gasteiger partial charge in [-0.3, -0.25) is 9.59 Å². The molecule has 0 saturated heterocycles. The van der Waals surface area contributed by atoms with E-state index in [9.17, 15) is 18.4 Å². The zero-order chi connectivity index (χ0) is 20.5. The van der Waals surface area contributed by atoms with Crippen LogP contribution < -0.4 is 10.2 Å². The molecule has 0 radical (unpaired) electrons. The van der Waals surface area contributed by atoms with Gasteiger partial charge in [0, 0.05) is 5.69 Å². The number of hydrogen-bond acceptors (Lipinski definition) is 3. The fourth-order valence-electron chi connectivity index (χ4n) is 3.25. The number of benzene rings is 3. The fourth-order valence-corrected chi connectivity index (χ4v) is 3.25. The molecule has 0 atom stereocenters. The van der Waals surface area contributed by atoms with E-state index in [1.807, 2.05) is 25.1 Å². The van der Waals surface area contributed by atoms with Crippen molar-refractivity contribution in [3.63, 3.8) is 0 Å². The average Bonchev–Trinajstić information content (AvgIpc) is 2.92. The predicted octanol–water partition coefficient (Wildman–Crippen LogP) is 4.67. The summed E-state index contributed by atoms with van der Waals surface area (Å²) in [6, 6.07) is 17.9. The number of aryl methyl sites for hydroxylation is 1. The van der Waals surface area contributed by atoms with Crippen molar-refractivity contribution in [2.45, 2.75) is 6.92 Å². The number of rotatable bonds is 4. The number of carbonyl (C=O) groups is 2. The Balaban J connectivity index is 1.83. The minimum atomic E-state index is -0.610. The third kappa shape index (κ3) is 3.52. The maximum atomic E-state index is 13.7. The van der Waals surface area contributed by atoms with Crippen molar-refractivity contribution >= 4 is 28.8 Å². The van der Waals surface area contributed by atoms with Gasteiger partial charge in [0.05, 0.1) is 11.3 Å². The molecule has 29 heavy (non-hydrogen) atoms. The van der Waals surface area contributed by atoms with Gasteiger partial charge in [-0.15, -0.1) is 0 Å². The number of carbonyl (C=O) groups excluding carboxylic acids is 2. The van der Waals surface area contributed by atoms with Gasteiger partial charge in [-0.05, 0) is 60.5 Å². The molecule has 1 heterocycles. The number of amides is 2. The van der Waals surface area contributed by atoms with Crippen LogP contribution in [0.3, 0.4) is 0 Å². The Bertz CT molecular complexity index is 1150. The van der Waals surface area contributed by atoms with E-state index in [4.69, 9.17) is 0 Å². The van der Waals surface area contributed by atoms with Gasteiger partial charge in [-0.2, -0.15) is 0 Å². The molecule has 144 valence electrons. The quantitative estimate of drug-likeness (QED) is 0.659. The number of anilines is 2. The van der Waals surface area contributed by atoms with E-state index in [0.717, 1.165) is 16.5 Å². The Morgan fingerprint density at radius 3 is 2.21 bits per heavy atom. The first kappa shape index (κ1) is 18.6. The van der Waals surface area contributed by atoms with Crippen LogP contribution in [-0.4, -0.2) is 11.8 Å². The first-order chi connectivity index (χ1) is 13.9. The molecule has 0 fully saturated rings. The maximum Gasteiger partial charge on any atom is 0.282 e. The number of halogens is 2. The van der Waals surface area contributed by atoms with Crippen molar-refractivity contribution in [3.05, 3.63) is 101 Å². The SMILES string of the molecule is Cc1cccc(NC2=C(c3ccc(F)cc3)C(=O)N(c3cccc(F)c3)C2=O)c1. The topological polar surface area (TPSA) is 49.4 Å². The number of nitrogens with one attached hydrogen (secondary N) is 1. The van der Waals surface area contributed by atoms with Crippen molar-refractivity contribution in [1.29, 1.82) is 0 Å². The molecule has 4 rings (SSSR count). The highest BCUT2D eigenvalue weighted by Crippen LogP contribution is 2.34. The fraction of sp³-hybridized carbons (Fsp3) is 0.0435. The lowest BCUT2D eigenvalue weighted by Crippen LogP contribution is -2.32. The maximum absolute atomic E-state index is 13.7. The number of imide groups is 1. The highest BCUT2D eigenvalue weighted by atomic mass is 19.1. The first-order valence-electron chi connectivity index (χ1n) is 8.92. The number of nitrogens with zero attached hydrogens (tertiary/aromatic N) is 1. The zero-order valence-corrected chi connectivity index (χ0v) is 15.4. The van der Waals surface area contributed by atoms with E-state index in [0.29, 0.717) is 11.3 Å². The highest BCUT2D eigenvalue weighted by molar-refractivity contribution is 6.46. The molecule has 0 spiro atoms. The summed E-state index contributed by atoms with van der Waals surface area (Å²) in [7, 11) is 0. The summed E-state index contributed by atoms with van der Waals surface area (Å²) in [5.41, 5.74) is 2.26. The summed E-state index contributed by atoms with van der Waals surface area (Å²) in [5, 5.41) is 3.02. The van der Waals surface area contributed by atoms with Crippen molar-refractivity contribution in [3.8, 4) is 0 Å². The monoisotopic (exact) mass is 390 g/mol. The molecule has 1 N–H and O–H groups in total. The second kappa shape index (κ2) is 7.31. The summed E-state index contributed by atoms with van der Waals surface area (Å²) in [5.74, 6) is -2.24. The molecular formula is C23H16F2N2O2. The molecular weight excluding hydrogens is 374 g/mol. The van der Waals surface area contributed by atoms with Crippen molar-refractivity contribution < 1.29 is 18.4 Å². The normalized spacial score (nSPS) is 14.0. The Hall–Kier alpha value is -3.80. The number of hydrogen-bond donors (Lipinski definition) is 1. The molecule has 0 unspecified atom stereocenters. The van der Waals surface area contributed by atoms with Crippen LogP contribution in [0.1, 0.15) is 11.1 Å². The van der Waals surface area contributed by atoms with E-state index in [2.05, 4.69) is 5.32 Å². The minimum Gasteiger partial charge on any atom is -0.350 e. The summed E-state index contributed by atoms with van der Waals surface area (Å²) in [4.78, 5) is 27.2. The van der Waals surface area contributed by atoms with E-state index < -0.39 is 23.4 Å². The predicted molar refractivity (Wildman–Crippen MR) is 107 cm³/mol. The second-order valence-corrected chi connectivity index (χ2v) is 6.68. The molecule has 0 aromatic heterocycles. The van der Waals surface area contributed by atoms with E-state index in [1.54, 1.807) is 6.07 Å². The molecule has 1 aliphatic rings. The van der Waals surface area contributed by atoms with Crippen LogP contribution in [0.2, 0.25) is 0 Å². The lowest BCUT2D eigenvalue weighted by atomic mass is 10.0. The van der Waals surface area contributed by atoms with Crippen LogP contribution in [0.25, 0.3) is 5.57 Å². The summed E-state index contributed by atoms with van der Waals surface area (Å²) in [6.45, 7) is 1.90. The van der Waals surface area contributed by atoms with Gasteiger partial charge in [0.2, 0.25) is 0 Å². The summed E-state index contributed by atoms with van der Waals surface area (Å²) in [6.07, 6.45) is 0. The van der Waals surface area contributed by atoms with Crippen LogP contribution in [-0.2, 0) is 9.59 Å². The van der Waals surface area contributed by atoms with Crippen molar-refractivity contribution in [1.82, 2.24) is 0 Å². The molecule has 0 saturated carbocycles. The summed E-state index contributed by atoms with van der Waals surface area (Å²) < 4.78 is 27.1. The molecule has 3 aromatic carbocycles. The lowest BCUT2D eigenvalue weighted by Gasteiger charge is -2.15. The Kier molecular flexibility index (Phi) is 4.68. The van der Waals surface area contributed by atoms with Gasteiger partial charge in [-0.1, -0.05) is 30.3 Å². The molecule has 2 amide bonds. The van der Waals surface area contributed by atoms with Crippen LogP contribution in [0, 0.1) is 18.6 Å². The van der Waals surface area contributed by atoms with Gasteiger partial charge < -0.3 is 5.32 Å². The lowest BCUT2D eigenvalue weighted by molar-refractivity contribution is -0.120. The largest absolute Gasteiger partial charge is 0.350 e. The Morgan fingerprint density at radius 2 is 1.52 bits per heavy atom. The Labute approximate surface area is 166 Å². The molecule has 0 bridgehead atoms. The van der Waals surface area contributed by atoms with Gasteiger partial charge in [-0.25, -0.2) is 13.7 Å². The van der Waals surface area contributed by atoms with Crippen LogP contribution in [0.4, 0.5) is 20.2 Å². The van der Waals surface area contributed by atoms with Gasteiger partial charge in [0.1, 0.15) is 17.3 Å². The van der Waals surface area contributed by atoms with Gasteiger partial charge in [0.15, 0.2) is 0 Å². The molecule has 1 aliphatic heterocycles. The first-order valence-corrected chi connectivity index (χ1v) is 8.92. The van der Waals surface area contributed by atoms with E-state index in [-0.39, 0.29) is 17.0 Å². The van der Waals surface area contributed by atoms with Crippen LogP contribution >= 0.6 is 0 Å². The second-order valence-electron chi connectivity index (χ2n) is 6.68. The average molecular weight is 390 g/mol. The molecule has 4 nitrogen and oxygen atoms in total. The van der Waals surface area contributed by atoms with Crippen molar-refractivity contribution in [2.75, 3.05) is 10.2 Å². The van der Waals surface area contributed by atoms with Crippen LogP contribution in [0.5, 0.6) is 0 Å². The third-order valence-electron chi connectivity index (χ3n) is 4.57. The molecule has 0 aliphatic carbocycles. The molecule has 6 heteroatoms. The molecule has 3 aromatic rings. The smallest absolute Gasteiger partial charge is 0.282 e. The zero-order valence-electron chi connectivity index (χ0n) is 15.4. The third-order valence-corrected chi connectivity index (χ3v) is 4.57. The van der Waals surface area contributed by atoms with Crippen molar-refractivity contribution in [2.24, 2.45) is 0 Å². The standard InChI is InChI=1S/C23H16F2N2O2/c1-14-4-2-6-18(12-14)26-21-20(15-8-10-16(24)11-9-15)22(28)27(23(21)29)19-7-3-5-17(25)13-19/h2-13,26H,1H3. The van der Waals surface area contributed by atoms with Gasteiger partial charge in [0.25, 0.3) is 11.8 Å². The van der Waals surface area contributed by atoms with E-state index in [1.165, 1.54) is 42.5 Å². The van der Waals surface area contributed by atoms with E-state index >= 15 is 0 Å². The Morgan fingerprint density at radius 1 is 0.793 bits per heavy atom. The van der Waals surface area contributed by atoms with Crippen LogP contribution in [0.15, 0.2) is 78.5 Å². The minimum absolute atomic E-state index is 0.0523. The summed E-state index contributed by atoms with van der Waals surface area (Å²) >= 11 is 0. The van der Waals surface area contributed by atoms with Gasteiger partial charge >= 0.3 is 0 Å².